The first kappa shape index (κ1) is 16.5. The molecule has 0 radical (unpaired) electrons. The van der Waals surface area contributed by atoms with Crippen molar-refractivity contribution < 1.29 is 14.0 Å². The van der Waals surface area contributed by atoms with E-state index in [1.165, 1.54) is 12.1 Å². The molecule has 3 rings (SSSR count). The van der Waals surface area contributed by atoms with E-state index in [4.69, 9.17) is 11.6 Å². The lowest BCUT2D eigenvalue weighted by atomic mass is 10.1. The van der Waals surface area contributed by atoms with Gasteiger partial charge in [-0.3, -0.25) is 9.59 Å². The Hall–Kier alpha value is -2.40. The molecule has 24 heavy (non-hydrogen) atoms. The van der Waals surface area contributed by atoms with Gasteiger partial charge in [0, 0.05) is 19.5 Å². The van der Waals surface area contributed by atoms with Gasteiger partial charge >= 0.3 is 0 Å². The highest BCUT2D eigenvalue weighted by Gasteiger charge is 2.34. The molecule has 124 valence electrons. The first-order chi connectivity index (χ1) is 11.5. The summed E-state index contributed by atoms with van der Waals surface area (Å²) in [5, 5.41) is 3.22. The molecule has 6 heteroatoms. The minimum atomic E-state index is -0.422. The van der Waals surface area contributed by atoms with E-state index in [0.29, 0.717) is 23.8 Å². The van der Waals surface area contributed by atoms with Gasteiger partial charge in [-0.15, -0.1) is 0 Å². The van der Waals surface area contributed by atoms with Crippen LogP contribution in [-0.2, 0) is 16.1 Å². The number of likely N-dealkylation sites (tertiary alicyclic amines) is 1. The molecule has 1 aliphatic heterocycles. The number of anilines is 1. The highest BCUT2D eigenvalue weighted by Crippen LogP contribution is 2.25. The number of rotatable bonds is 4. The van der Waals surface area contributed by atoms with Gasteiger partial charge in [0.15, 0.2) is 0 Å². The van der Waals surface area contributed by atoms with Crippen molar-refractivity contribution in [3.63, 3.8) is 0 Å². The predicted molar refractivity (Wildman–Crippen MR) is 90.0 cm³/mol. The molecule has 0 unspecified atom stereocenters. The second-order valence-electron chi connectivity index (χ2n) is 5.77. The maximum Gasteiger partial charge on any atom is 0.229 e. The number of nitrogens with one attached hydrogen (secondary N) is 1. The van der Waals surface area contributed by atoms with Gasteiger partial charge in [-0.1, -0.05) is 35.9 Å². The fraction of sp³-hybridized carbons (Fsp3) is 0.222. The number of carbonyl (C=O) groups excluding carboxylic acids is 2. The van der Waals surface area contributed by atoms with Gasteiger partial charge in [-0.2, -0.15) is 0 Å². The van der Waals surface area contributed by atoms with E-state index in [0.717, 1.165) is 5.56 Å². The minimum Gasteiger partial charge on any atom is -0.338 e. The Morgan fingerprint density at radius 1 is 1.21 bits per heavy atom. The van der Waals surface area contributed by atoms with Crippen molar-refractivity contribution in [2.24, 2.45) is 5.92 Å². The van der Waals surface area contributed by atoms with Gasteiger partial charge in [-0.05, 0) is 29.8 Å². The van der Waals surface area contributed by atoms with Crippen LogP contribution >= 0.6 is 11.6 Å². The van der Waals surface area contributed by atoms with Crippen LogP contribution in [0.3, 0.4) is 0 Å². The summed E-state index contributed by atoms with van der Waals surface area (Å²) >= 11 is 6.03. The average molecular weight is 347 g/mol. The maximum atomic E-state index is 12.9. The normalized spacial score (nSPS) is 17.2. The maximum absolute atomic E-state index is 12.9. The molecule has 2 aromatic carbocycles. The molecule has 0 aliphatic carbocycles. The van der Waals surface area contributed by atoms with Crippen molar-refractivity contribution in [2.75, 3.05) is 11.9 Å². The van der Waals surface area contributed by atoms with Gasteiger partial charge in [0.25, 0.3) is 0 Å². The molecular weight excluding hydrogens is 331 g/mol. The fourth-order valence-corrected chi connectivity index (χ4v) is 2.89. The summed E-state index contributed by atoms with van der Waals surface area (Å²) < 4.78 is 12.9. The van der Waals surface area contributed by atoms with Crippen LogP contribution in [0.25, 0.3) is 0 Å². The topological polar surface area (TPSA) is 49.4 Å². The molecule has 1 heterocycles. The third-order valence-electron chi connectivity index (χ3n) is 4.00. The number of para-hydroxylation sites is 1. The summed E-state index contributed by atoms with van der Waals surface area (Å²) in [4.78, 5) is 26.1. The summed E-state index contributed by atoms with van der Waals surface area (Å²) in [5.41, 5.74) is 1.37. The third-order valence-corrected chi connectivity index (χ3v) is 4.33. The van der Waals surface area contributed by atoms with Crippen molar-refractivity contribution in [3.05, 3.63) is 64.9 Å². The summed E-state index contributed by atoms with van der Waals surface area (Å²) in [5.74, 6) is -1.05. The molecule has 0 bridgehead atoms. The lowest BCUT2D eigenvalue weighted by Crippen LogP contribution is -2.28. The zero-order chi connectivity index (χ0) is 17.1. The Labute approximate surface area is 144 Å². The molecule has 1 aliphatic rings. The van der Waals surface area contributed by atoms with E-state index in [9.17, 15) is 14.0 Å². The van der Waals surface area contributed by atoms with Crippen molar-refractivity contribution in [1.82, 2.24) is 4.90 Å². The quantitative estimate of drug-likeness (QED) is 0.921. The Bertz CT molecular complexity index is 764. The predicted octanol–water partition coefficient (Wildman–Crippen LogP) is 3.47. The lowest BCUT2D eigenvalue weighted by molar-refractivity contribution is -0.128. The van der Waals surface area contributed by atoms with Crippen LogP contribution in [0.4, 0.5) is 10.1 Å². The van der Waals surface area contributed by atoms with E-state index >= 15 is 0 Å². The summed E-state index contributed by atoms with van der Waals surface area (Å²) in [6, 6.07) is 13.0. The first-order valence-electron chi connectivity index (χ1n) is 7.60. The van der Waals surface area contributed by atoms with Gasteiger partial charge < -0.3 is 10.2 Å². The third kappa shape index (κ3) is 3.74. The van der Waals surface area contributed by atoms with Crippen LogP contribution in [0.5, 0.6) is 0 Å². The Kier molecular flexibility index (Phi) is 4.81. The van der Waals surface area contributed by atoms with E-state index in [1.54, 1.807) is 41.3 Å². The summed E-state index contributed by atoms with van der Waals surface area (Å²) in [6.45, 7) is 0.710. The van der Waals surface area contributed by atoms with Crippen LogP contribution in [-0.4, -0.2) is 23.3 Å². The minimum absolute atomic E-state index is 0.0846. The average Bonchev–Trinajstić information content (AvgIpc) is 2.93. The number of amides is 2. The number of carbonyl (C=O) groups is 2. The monoisotopic (exact) mass is 346 g/mol. The van der Waals surface area contributed by atoms with Gasteiger partial charge in [0.05, 0.1) is 16.6 Å². The van der Waals surface area contributed by atoms with Crippen LogP contribution in [0.1, 0.15) is 12.0 Å². The highest BCUT2D eigenvalue weighted by atomic mass is 35.5. The zero-order valence-electron chi connectivity index (χ0n) is 12.8. The zero-order valence-corrected chi connectivity index (χ0v) is 13.6. The molecule has 1 saturated heterocycles. The Balaban J connectivity index is 1.62. The standard InChI is InChI=1S/C18H16ClFN2O2/c19-15-3-1-2-4-16(15)21-18(24)13-9-17(23)22(11-13)10-12-5-7-14(20)8-6-12/h1-8,13H,9-11H2,(H,21,24)/t13-/m0/s1. The second kappa shape index (κ2) is 7.01. The van der Waals surface area contributed by atoms with Gasteiger partial charge in [-0.25, -0.2) is 4.39 Å². The van der Waals surface area contributed by atoms with Gasteiger partial charge in [0.1, 0.15) is 5.82 Å². The van der Waals surface area contributed by atoms with Crippen LogP contribution in [0.15, 0.2) is 48.5 Å². The fourth-order valence-electron chi connectivity index (χ4n) is 2.71. The van der Waals surface area contributed by atoms with Crippen molar-refractivity contribution in [3.8, 4) is 0 Å². The summed E-state index contributed by atoms with van der Waals surface area (Å²) in [7, 11) is 0. The number of benzene rings is 2. The van der Waals surface area contributed by atoms with Crippen molar-refractivity contribution >= 4 is 29.1 Å². The van der Waals surface area contributed by atoms with Crippen molar-refractivity contribution in [2.45, 2.75) is 13.0 Å². The molecular formula is C18H16ClFN2O2. The molecule has 2 aromatic rings. The number of hydrogen-bond acceptors (Lipinski definition) is 2. The SMILES string of the molecule is O=C(Nc1ccccc1Cl)[C@H]1CC(=O)N(Cc2ccc(F)cc2)C1. The lowest BCUT2D eigenvalue weighted by Gasteiger charge is -2.17. The van der Waals surface area contributed by atoms with Crippen LogP contribution < -0.4 is 5.32 Å². The highest BCUT2D eigenvalue weighted by molar-refractivity contribution is 6.33. The second-order valence-corrected chi connectivity index (χ2v) is 6.18. The molecule has 1 fully saturated rings. The first-order valence-corrected chi connectivity index (χ1v) is 7.98. The molecule has 0 aromatic heterocycles. The number of nitrogens with zero attached hydrogens (tertiary/aromatic N) is 1. The molecule has 1 N–H and O–H groups in total. The number of halogens is 2. The molecule has 2 amide bonds. The molecule has 0 saturated carbocycles. The molecule has 1 atom stereocenters. The van der Waals surface area contributed by atoms with E-state index in [-0.39, 0.29) is 24.1 Å². The largest absolute Gasteiger partial charge is 0.338 e. The van der Waals surface area contributed by atoms with Crippen LogP contribution in [0.2, 0.25) is 5.02 Å². The Morgan fingerprint density at radius 3 is 2.62 bits per heavy atom. The molecule has 4 nitrogen and oxygen atoms in total. The summed E-state index contributed by atoms with van der Waals surface area (Å²) in [6.07, 6.45) is 0.164. The molecule has 0 spiro atoms. The van der Waals surface area contributed by atoms with E-state index in [1.807, 2.05) is 0 Å². The van der Waals surface area contributed by atoms with Crippen LogP contribution in [0, 0.1) is 11.7 Å². The van der Waals surface area contributed by atoms with Crippen molar-refractivity contribution in [1.29, 1.82) is 0 Å². The Morgan fingerprint density at radius 2 is 1.92 bits per heavy atom. The van der Waals surface area contributed by atoms with E-state index in [2.05, 4.69) is 5.32 Å². The van der Waals surface area contributed by atoms with E-state index < -0.39 is 5.92 Å². The smallest absolute Gasteiger partial charge is 0.229 e. The number of hydrogen-bond donors (Lipinski definition) is 1. The van der Waals surface area contributed by atoms with Gasteiger partial charge in [0.2, 0.25) is 11.8 Å².